The van der Waals surface area contributed by atoms with E-state index >= 15 is 0 Å². The molecular weight excluding hydrogens is 534 g/mol. The van der Waals surface area contributed by atoms with E-state index in [1.54, 1.807) is 4.90 Å². The SMILES string of the molecule is C[C@H](Oc1cc([C@@H]2CCN(C(=O)OC(C)(C)C)C2)nc(-c2noc3c2CCC[C@@]32CCCCC2=O)n1)[C@@H]1CCCN1C. The Morgan fingerprint density at radius 3 is 2.64 bits per heavy atom. The summed E-state index contributed by atoms with van der Waals surface area (Å²) in [6, 6.07) is 2.25. The lowest BCUT2D eigenvalue weighted by atomic mass is 9.64. The quantitative estimate of drug-likeness (QED) is 0.457. The van der Waals surface area contributed by atoms with E-state index in [1.165, 1.54) is 0 Å². The monoisotopic (exact) mass is 579 g/mol. The van der Waals surface area contributed by atoms with Gasteiger partial charge in [0.25, 0.3) is 0 Å². The third-order valence-electron chi connectivity index (χ3n) is 9.66. The first-order valence-electron chi connectivity index (χ1n) is 15.8. The number of hydrogen-bond acceptors (Lipinski definition) is 9. The van der Waals surface area contributed by atoms with Crippen molar-refractivity contribution in [1.29, 1.82) is 0 Å². The predicted molar refractivity (Wildman–Crippen MR) is 157 cm³/mol. The number of fused-ring (bicyclic) bond motifs is 2. The minimum atomic E-state index is -0.561. The van der Waals surface area contributed by atoms with Crippen LogP contribution in [0.1, 0.15) is 108 Å². The molecule has 2 aromatic rings. The molecule has 6 rings (SSSR count). The number of ketones is 1. The first-order valence-corrected chi connectivity index (χ1v) is 15.8. The number of likely N-dealkylation sites (tertiary alicyclic amines) is 2. The zero-order valence-electron chi connectivity index (χ0n) is 25.8. The van der Waals surface area contributed by atoms with Gasteiger partial charge in [0.05, 0.1) is 11.1 Å². The highest BCUT2D eigenvalue weighted by atomic mass is 16.6. The Morgan fingerprint density at radius 2 is 1.90 bits per heavy atom. The molecular formula is C32H45N5O5. The van der Waals surface area contributed by atoms with Gasteiger partial charge in [-0.25, -0.2) is 9.78 Å². The fourth-order valence-corrected chi connectivity index (χ4v) is 7.48. The van der Waals surface area contributed by atoms with Crippen LogP contribution in [0, 0.1) is 0 Å². The number of ether oxygens (including phenoxy) is 2. The standard InChI is InChI=1S/C32H45N5O5/c1-20(24-11-9-16-36(24)5)40-26-18-23(21-13-17-37(19-21)30(39)41-31(2,3)4)33-29(34-26)27-22-10-8-15-32(28(22)42-35-27)14-7-6-12-25(32)38/h18,20-21,24H,6-17,19H2,1-5H3/t20-,21+,24-,32+/m0/s1. The summed E-state index contributed by atoms with van der Waals surface area (Å²) >= 11 is 0. The number of likely N-dealkylation sites (N-methyl/N-ethyl adjacent to an activating group) is 1. The van der Waals surface area contributed by atoms with Crippen LogP contribution in [0.4, 0.5) is 4.79 Å². The van der Waals surface area contributed by atoms with Crippen molar-refractivity contribution in [2.75, 3.05) is 26.7 Å². The number of aromatic nitrogens is 3. The van der Waals surface area contributed by atoms with Crippen molar-refractivity contribution >= 4 is 11.9 Å². The molecule has 1 spiro atoms. The van der Waals surface area contributed by atoms with E-state index in [0.29, 0.717) is 43.0 Å². The molecule has 2 aliphatic heterocycles. The highest BCUT2D eigenvalue weighted by molar-refractivity contribution is 5.91. The van der Waals surface area contributed by atoms with E-state index in [4.69, 9.17) is 24.0 Å². The van der Waals surface area contributed by atoms with Crippen LogP contribution in [-0.4, -0.2) is 81.2 Å². The van der Waals surface area contributed by atoms with E-state index in [9.17, 15) is 9.59 Å². The Morgan fingerprint density at radius 1 is 1.10 bits per heavy atom. The molecule has 1 saturated carbocycles. The van der Waals surface area contributed by atoms with Gasteiger partial charge in [0.15, 0.2) is 17.3 Å². The maximum atomic E-state index is 13.2. The number of carbonyl (C=O) groups excluding carboxylic acids is 2. The highest BCUT2D eigenvalue weighted by Gasteiger charge is 2.48. The molecule has 1 amide bonds. The number of Topliss-reactive ketones (excluding diaryl/α,β-unsaturated/α-hetero) is 1. The second-order valence-corrected chi connectivity index (χ2v) is 13.8. The zero-order chi connectivity index (χ0) is 29.6. The second-order valence-electron chi connectivity index (χ2n) is 13.8. The minimum Gasteiger partial charge on any atom is -0.473 e. The Balaban J connectivity index is 1.34. The molecule has 10 heteroatoms. The summed E-state index contributed by atoms with van der Waals surface area (Å²) < 4.78 is 18.2. The summed E-state index contributed by atoms with van der Waals surface area (Å²) in [6.45, 7) is 9.92. The number of rotatable bonds is 5. The summed E-state index contributed by atoms with van der Waals surface area (Å²) in [5.74, 6) is 1.99. The smallest absolute Gasteiger partial charge is 0.410 e. The third kappa shape index (κ3) is 5.54. The van der Waals surface area contributed by atoms with Crippen LogP contribution in [0.15, 0.2) is 10.6 Å². The number of hydrogen-bond donors (Lipinski definition) is 0. The number of carbonyl (C=O) groups is 2. The van der Waals surface area contributed by atoms with Gasteiger partial charge in [0.1, 0.15) is 17.5 Å². The van der Waals surface area contributed by atoms with E-state index in [2.05, 4.69) is 24.0 Å². The summed E-state index contributed by atoms with van der Waals surface area (Å²) in [6.07, 6.45) is 8.55. The van der Waals surface area contributed by atoms with Crippen molar-refractivity contribution in [2.45, 2.75) is 121 Å². The lowest BCUT2D eigenvalue weighted by molar-refractivity contribution is -0.128. The lowest BCUT2D eigenvalue weighted by Crippen LogP contribution is -2.41. The van der Waals surface area contributed by atoms with Gasteiger partial charge in [-0.2, -0.15) is 4.98 Å². The molecule has 4 atom stereocenters. The van der Waals surface area contributed by atoms with Crippen molar-refractivity contribution in [1.82, 2.24) is 24.9 Å². The average molecular weight is 580 g/mol. The van der Waals surface area contributed by atoms with Gasteiger partial charge in [0.2, 0.25) is 5.88 Å². The molecule has 4 aliphatic rings. The van der Waals surface area contributed by atoms with Crippen LogP contribution < -0.4 is 4.74 Å². The van der Waals surface area contributed by atoms with Gasteiger partial charge >= 0.3 is 6.09 Å². The number of amides is 1. The molecule has 2 aliphatic carbocycles. The molecule has 0 bridgehead atoms. The minimum absolute atomic E-state index is 0.0140. The van der Waals surface area contributed by atoms with Crippen molar-refractivity contribution in [3.05, 3.63) is 23.1 Å². The Bertz CT molecular complexity index is 1340. The lowest BCUT2D eigenvalue weighted by Gasteiger charge is -2.36. The van der Waals surface area contributed by atoms with Crippen LogP contribution in [0.5, 0.6) is 5.88 Å². The molecule has 228 valence electrons. The van der Waals surface area contributed by atoms with E-state index < -0.39 is 11.0 Å². The maximum Gasteiger partial charge on any atom is 0.410 e. The summed E-state index contributed by atoms with van der Waals surface area (Å²) in [5.41, 5.74) is 1.29. The Hall–Kier alpha value is -3.01. The van der Waals surface area contributed by atoms with Gasteiger partial charge in [0, 0.05) is 43.1 Å². The summed E-state index contributed by atoms with van der Waals surface area (Å²) in [4.78, 5) is 40.0. The van der Waals surface area contributed by atoms with Gasteiger partial charge < -0.3 is 18.9 Å². The van der Waals surface area contributed by atoms with Crippen LogP contribution in [0.3, 0.4) is 0 Å². The van der Waals surface area contributed by atoms with Crippen molar-refractivity contribution in [3.8, 4) is 17.4 Å². The van der Waals surface area contributed by atoms with Crippen LogP contribution in [-0.2, 0) is 21.4 Å². The van der Waals surface area contributed by atoms with E-state index in [0.717, 1.165) is 81.3 Å². The molecule has 0 unspecified atom stereocenters. The van der Waals surface area contributed by atoms with Crippen molar-refractivity contribution in [3.63, 3.8) is 0 Å². The normalized spacial score (nSPS) is 27.4. The predicted octanol–water partition coefficient (Wildman–Crippen LogP) is 5.43. The van der Waals surface area contributed by atoms with Crippen LogP contribution in [0.25, 0.3) is 11.5 Å². The molecule has 3 fully saturated rings. The van der Waals surface area contributed by atoms with Crippen LogP contribution in [0.2, 0.25) is 0 Å². The topological polar surface area (TPSA) is 111 Å². The van der Waals surface area contributed by atoms with Gasteiger partial charge in [-0.3, -0.25) is 9.69 Å². The summed E-state index contributed by atoms with van der Waals surface area (Å²) in [5, 5.41) is 4.51. The van der Waals surface area contributed by atoms with Crippen LogP contribution >= 0.6 is 0 Å². The molecule has 2 saturated heterocycles. The first kappa shape index (κ1) is 29.1. The average Bonchev–Trinajstić information content (AvgIpc) is 3.69. The number of nitrogens with zero attached hydrogens (tertiary/aromatic N) is 5. The van der Waals surface area contributed by atoms with Gasteiger partial charge in [-0.15, -0.1) is 0 Å². The van der Waals surface area contributed by atoms with E-state index in [1.807, 2.05) is 26.8 Å². The fourth-order valence-electron chi connectivity index (χ4n) is 7.48. The van der Waals surface area contributed by atoms with Crippen molar-refractivity contribution in [2.24, 2.45) is 0 Å². The molecule has 2 aromatic heterocycles. The molecule has 0 N–H and O–H groups in total. The maximum absolute atomic E-state index is 13.2. The Labute approximate surface area is 248 Å². The highest BCUT2D eigenvalue weighted by Crippen LogP contribution is 2.47. The fraction of sp³-hybridized carbons (Fsp3) is 0.719. The molecule has 42 heavy (non-hydrogen) atoms. The van der Waals surface area contributed by atoms with Gasteiger partial charge in [-0.1, -0.05) is 11.6 Å². The van der Waals surface area contributed by atoms with Crippen molar-refractivity contribution < 1.29 is 23.6 Å². The van der Waals surface area contributed by atoms with E-state index in [-0.39, 0.29) is 23.9 Å². The Kier molecular flexibility index (Phi) is 7.79. The third-order valence-corrected chi connectivity index (χ3v) is 9.66. The first-order chi connectivity index (χ1) is 20.0. The van der Waals surface area contributed by atoms with Gasteiger partial charge in [-0.05, 0) is 92.7 Å². The summed E-state index contributed by atoms with van der Waals surface area (Å²) in [7, 11) is 2.14. The largest absolute Gasteiger partial charge is 0.473 e. The molecule has 0 radical (unpaired) electrons. The molecule has 10 nitrogen and oxygen atoms in total. The zero-order valence-corrected chi connectivity index (χ0v) is 25.8. The molecule has 4 heterocycles. The molecule has 0 aromatic carbocycles. The second kappa shape index (κ2) is 11.2.